The number of carbonyl (C=O) groups is 1. The third-order valence-corrected chi connectivity index (χ3v) is 7.34. The van der Waals surface area contributed by atoms with Crippen LogP contribution in [0.15, 0.2) is 24.3 Å². The molecule has 3 fully saturated rings. The Morgan fingerprint density at radius 1 is 0.700 bits per heavy atom. The zero-order valence-corrected chi connectivity index (χ0v) is 18.4. The Balaban J connectivity index is 1.15. The molecule has 1 aromatic rings. The van der Waals surface area contributed by atoms with Crippen molar-refractivity contribution in [3.05, 3.63) is 29.8 Å². The van der Waals surface area contributed by atoms with Gasteiger partial charge in [0.2, 0.25) is 0 Å². The van der Waals surface area contributed by atoms with Gasteiger partial charge in [-0.15, -0.1) is 0 Å². The van der Waals surface area contributed by atoms with E-state index in [2.05, 4.69) is 12.1 Å². The van der Waals surface area contributed by atoms with E-state index in [1.165, 1.54) is 69.8 Å². The van der Waals surface area contributed by atoms with Crippen LogP contribution < -0.4 is 4.74 Å². The largest absolute Gasteiger partial charge is 0.426 e. The van der Waals surface area contributed by atoms with Gasteiger partial charge in [-0.3, -0.25) is 4.79 Å². The van der Waals surface area contributed by atoms with Gasteiger partial charge < -0.3 is 14.2 Å². The van der Waals surface area contributed by atoms with Gasteiger partial charge in [0.1, 0.15) is 12.5 Å². The van der Waals surface area contributed by atoms with Crippen LogP contribution in [0.3, 0.4) is 0 Å². The monoisotopic (exact) mass is 414 g/mol. The predicted molar refractivity (Wildman–Crippen MR) is 118 cm³/mol. The van der Waals surface area contributed by atoms with E-state index < -0.39 is 0 Å². The molecule has 0 spiro atoms. The Hall–Kier alpha value is -1.39. The topological polar surface area (TPSA) is 44.8 Å². The molecule has 4 heteroatoms. The third-order valence-electron chi connectivity index (χ3n) is 7.34. The Bertz CT molecular complexity index is 636. The lowest BCUT2D eigenvalue weighted by molar-refractivity contribution is -0.146. The van der Waals surface area contributed by atoms with Gasteiger partial charge in [-0.2, -0.15) is 0 Å². The highest BCUT2D eigenvalue weighted by Gasteiger charge is 2.28. The molecule has 3 aliphatic carbocycles. The molecule has 0 saturated heterocycles. The van der Waals surface area contributed by atoms with Crippen molar-refractivity contribution in [1.82, 2.24) is 0 Å². The average molecular weight is 415 g/mol. The molecule has 0 bridgehead atoms. The highest BCUT2D eigenvalue weighted by Crippen LogP contribution is 2.34. The van der Waals surface area contributed by atoms with Crippen LogP contribution in [0, 0.1) is 5.92 Å². The molecule has 4 nitrogen and oxygen atoms in total. The van der Waals surface area contributed by atoms with Crippen LogP contribution in [0.2, 0.25) is 0 Å². The lowest BCUT2D eigenvalue weighted by Crippen LogP contribution is -2.30. The second-order valence-corrected chi connectivity index (χ2v) is 9.51. The molecule has 0 unspecified atom stereocenters. The first-order valence-electron chi connectivity index (χ1n) is 12.3. The molecule has 1 aromatic carbocycles. The molecule has 0 radical (unpaired) electrons. The van der Waals surface area contributed by atoms with E-state index in [1.807, 2.05) is 12.1 Å². The molecule has 0 aliphatic heterocycles. The summed E-state index contributed by atoms with van der Waals surface area (Å²) in [6.07, 6.45) is 17.0. The van der Waals surface area contributed by atoms with Crippen LogP contribution >= 0.6 is 0 Å². The van der Waals surface area contributed by atoms with Crippen molar-refractivity contribution >= 4 is 5.97 Å². The molecule has 30 heavy (non-hydrogen) atoms. The number of hydrogen-bond donors (Lipinski definition) is 0. The summed E-state index contributed by atoms with van der Waals surface area (Å²) in [7, 11) is 0. The van der Waals surface area contributed by atoms with Gasteiger partial charge in [-0.05, 0) is 75.0 Å². The molecule has 0 atom stereocenters. The summed E-state index contributed by atoms with van der Waals surface area (Å²) in [6.45, 7) is 0.401. The zero-order valence-electron chi connectivity index (χ0n) is 18.4. The number of rotatable bonds is 7. The van der Waals surface area contributed by atoms with Gasteiger partial charge in [-0.25, -0.2) is 0 Å². The van der Waals surface area contributed by atoms with Crippen LogP contribution in [0.4, 0.5) is 0 Å². The summed E-state index contributed by atoms with van der Waals surface area (Å²) < 4.78 is 17.5. The minimum absolute atomic E-state index is 0.0119. The van der Waals surface area contributed by atoms with Crippen molar-refractivity contribution in [2.45, 2.75) is 108 Å². The first-order chi connectivity index (χ1) is 14.8. The Morgan fingerprint density at radius 3 is 1.90 bits per heavy atom. The highest BCUT2D eigenvalue weighted by atomic mass is 16.7. The molecule has 0 heterocycles. The SMILES string of the molecule is O=C(Oc1ccc(C2CCCCC2)cc1)C1CCC(OCOC2CCCCC2)CC1. The van der Waals surface area contributed by atoms with Gasteiger partial charge in [0, 0.05) is 0 Å². The van der Waals surface area contributed by atoms with E-state index in [9.17, 15) is 4.79 Å². The molecule has 0 aromatic heterocycles. The number of hydrogen-bond acceptors (Lipinski definition) is 4. The fourth-order valence-corrected chi connectivity index (χ4v) is 5.37. The van der Waals surface area contributed by atoms with E-state index in [0.717, 1.165) is 25.7 Å². The fraction of sp³-hybridized carbons (Fsp3) is 0.731. The molecule has 0 amide bonds. The van der Waals surface area contributed by atoms with Crippen molar-refractivity contribution in [2.75, 3.05) is 6.79 Å². The van der Waals surface area contributed by atoms with Crippen molar-refractivity contribution in [3.8, 4) is 5.75 Å². The highest BCUT2D eigenvalue weighted by molar-refractivity contribution is 5.75. The normalized spacial score (nSPS) is 26.4. The Kier molecular flexibility index (Phi) is 8.22. The Morgan fingerprint density at radius 2 is 1.27 bits per heavy atom. The van der Waals surface area contributed by atoms with Gasteiger partial charge in [0.15, 0.2) is 0 Å². The number of esters is 1. The average Bonchev–Trinajstić information content (AvgIpc) is 2.81. The molecule has 166 valence electrons. The molecule has 0 N–H and O–H groups in total. The number of benzene rings is 1. The Labute approximate surface area is 181 Å². The predicted octanol–water partition coefficient (Wildman–Crippen LogP) is 6.52. The van der Waals surface area contributed by atoms with E-state index >= 15 is 0 Å². The van der Waals surface area contributed by atoms with E-state index in [4.69, 9.17) is 14.2 Å². The maximum Gasteiger partial charge on any atom is 0.314 e. The van der Waals surface area contributed by atoms with Crippen LogP contribution in [0.1, 0.15) is 101 Å². The molecule has 3 saturated carbocycles. The van der Waals surface area contributed by atoms with Crippen LogP contribution in [-0.2, 0) is 14.3 Å². The third kappa shape index (κ3) is 6.31. The lowest BCUT2D eigenvalue weighted by atomic mass is 9.84. The van der Waals surface area contributed by atoms with Crippen LogP contribution in [0.25, 0.3) is 0 Å². The summed E-state index contributed by atoms with van der Waals surface area (Å²) in [4.78, 5) is 12.6. The molecule has 4 rings (SSSR count). The van der Waals surface area contributed by atoms with Crippen LogP contribution in [0.5, 0.6) is 5.75 Å². The zero-order chi connectivity index (χ0) is 20.6. The van der Waals surface area contributed by atoms with Crippen LogP contribution in [-0.4, -0.2) is 25.0 Å². The van der Waals surface area contributed by atoms with Gasteiger partial charge >= 0.3 is 5.97 Å². The van der Waals surface area contributed by atoms with Crippen molar-refractivity contribution in [2.24, 2.45) is 5.92 Å². The summed E-state index contributed by atoms with van der Waals surface area (Å²) >= 11 is 0. The standard InChI is InChI=1S/C26H38O4/c27-26(30-25-17-11-21(12-18-25)20-7-3-1-4-8-20)22-13-15-24(16-14-22)29-19-28-23-9-5-2-6-10-23/h11-12,17-18,20,22-24H,1-10,13-16,19H2. The first kappa shape index (κ1) is 21.8. The van der Waals surface area contributed by atoms with Gasteiger partial charge in [0.25, 0.3) is 0 Å². The van der Waals surface area contributed by atoms with Crippen molar-refractivity contribution in [3.63, 3.8) is 0 Å². The van der Waals surface area contributed by atoms with Crippen molar-refractivity contribution < 1.29 is 19.0 Å². The lowest BCUT2D eigenvalue weighted by Gasteiger charge is -2.28. The minimum Gasteiger partial charge on any atom is -0.426 e. The first-order valence-corrected chi connectivity index (χ1v) is 12.3. The quantitative estimate of drug-likeness (QED) is 0.289. The van der Waals surface area contributed by atoms with Crippen molar-refractivity contribution in [1.29, 1.82) is 0 Å². The second kappa shape index (κ2) is 11.3. The minimum atomic E-state index is -0.0858. The fourth-order valence-electron chi connectivity index (χ4n) is 5.37. The second-order valence-electron chi connectivity index (χ2n) is 9.51. The number of carbonyl (C=O) groups excluding carboxylic acids is 1. The summed E-state index contributed by atoms with van der Waals surface area (Å²) in [6, 6.07) is 8.24. The number of ether oxygens (including phenoxy) is 3. The van der Waals surface area contributed by atoms with E-state index in [1.54, 1.807) is 0 Å². The molecular weight excluding hydrogens is 376 g/mol. The maximum atomic E-state index is 12.6. The van der Waals surface area contributed by atoms with Gasteiger partial charge in [0.05, 0.1) is 18.1 Å². The molecular formula is C26H38O4. The van der Waals surface area contributed by atoms with Gasteiger partial charge in [-0.1, -0.05) is 50.7 Å². The van der Waals surface area contributed by atoms with E-state index in [-0.39, 0.29) is 18.0 Å². The summed E-state index contributed by atoms with van der Waals surface area (Å²) in [5, 5.41) is 0. The smallest absolute Gasteiger partial charge is 0.314 e. The summed E-state index contributed by atoms with van der Waals surface area (Å²) in [5.41, 5.74) is 1.39. The molecule has 3 aliphatic rings. The maximum absolute atomic E-state index is 12.6. The summed E-state index contributed by atoms with van der Waals surface area (Å²) in [5.74, 6) is 1.26. The van der Waals surface area contributed by atoms with E-state index in [0.29, 0.717) is 24.6 Å².